The van der Waals surface area contributed by atoms with Gasteiger partial charge < -0.3 is 9.47 Å². The topological polar surface area (TPSA) is 18.5 Å². The molecule has 0 saturated carbocycles. The van der Waals surface area contributed by atoms with Crippen LogP contribution in [0.25, 0.3) is 22.3 Å². The normalized spacial score (nSPS) is 12.3. The molecule has 1 unspecified atom stereocenters. The van der Waals surface area contributed by atoms with Crippen molar-refractivity contribution in [2.24, 2.45) is 5.41 Å². The molecule has 1 atom stereocenters. The van der Waals surface area contributed by atoms with Crippen LogP contribution in [-0.4, -0.2) is 14.2 Å². The Morgan fingerprint density at radius 1 is 0.600 bits per heavy atom. The van der Waals surface area contributed by atoms with Crippen LogP contribution < -0.4 is 9.47 Å². The van der Waals surface area contributed by atoms with E-state index in [1.807, 2.05) is 24.3 Å². The first-order valence-electron chi connectivity index (χ1n) is 12.0. The minimum atomic E-state index is 0.224. The summed E-state index contributed by atoms with van der Waals surface area (Å²) in [6.45, 7) is 9.19. The van der Waals surface area contributed by atoms with Crippen molar-refractivity contribution in [2.45, 2.75) is 43.4 Å². The van der Waals surface area contributed by atoms with Crippen LogP contribution in [0, 0.1) is 5.41 Å². The lowest BCUT2D eigenvalue weighted by molar-refractivity contribution is 0.339. The first-order valence-corrected chi connectivity index (χ1v) is 12.8. The third-order valence-corrected chi connectivity index (χ3v) is 7.86. The third-order valence-electron chi connectivity index (χ3n) is 6.71. The summed E-state index contributed by atoms with van der Waals surface area (Å²) in [5.41, 5.74) is 6.03. The van der Waals surface area contributed by atoms with E-state index in [9.17, 15) is 0 Å². The zero-order chi connectivity index (χ0) is 25.0. The first-order chi connectivity index (χ1) is 16.8. The SMILES string of the molecule is COc1ccccc1-c1cccc(-c2ccccc2OC)c1Sc1ccc(C(C)C(C)(C)C)cc1. The van der Waals surface area contributed by atoms with E-state index in [1.54, 1.807) is 26.0 Å². The van der Waals surface area contributed by atoms with Gasteiger partial charge in [-0.05, 0) is 52.3 Å². The number of methoxy groups -OCH3 is 2. The Bertz CT molecular complexity index is 1220. The maximum Gasteiger partial charge on any atom is 0.126 e. The van der Waals surface area contributed by atoms with Crippen LogP contribution in [0.2, 0.25) is 0 Å². The summed E-state index contributed by atoms with van der Waals surface area (Å²) >= 11 is 1.79. The fourth-order valence-corrected chi connectivity index (χ4v) is 5.33. The Hall–Kier alpha value is -3.17. The van der Waals surface area contributed by atoms with Crippen molar-refractivity contribution in [1.82, 2.24) is 0 Å². The Labute approximate surface area is 214 Å². The van der Waals surface area contributed by atoms with E-state index >= 15 is 0 Å². The molecule has 0 spiro atoms. The molecule has 0 aromatic heterocycles. The smallest absolute Gasteiger partial charge is 0.126 e. The molecule has 0 radical (unpaired) electrons. The molecule has 2 nitrogen and oxygen atoms in total. The summed E-state index contributed by atoms with van der Waals surface area (Å²) < 4.78 is 11.5. The summed E-state index contributed by atoms with van der Waals surface area (Å²) in [6.07, 6.45) is 0. The molecular formula is C32H34O2S. The second-order valence-electron chi connectivity index (χ2n) is 9.84. The van der Waals surface area contributed by atoms with Gasteiger partial charge in [-0.3, -0.25) is 0 Å². The lowest BCUT2D eigenvalue weighted by Crippen LogP contribution is -2.15. The minimum absolute atomic E-state index is 0.224. The highest BCUT2D eigenvalue weighted by molar-refractivity contribution is 7.99. The van der Waals surface area contributed by atoms with Gasteiger partial charge in [-0.1, -0.05) is 106 Å². The van der Waals surface area contributed by atoms with E-state index in [2.05, 4.69) is 94.4 Å². The molecule has 4 rings (SSSR count). The molecule has 4 aromatic carbocycles. The summed E-state index contributed by atoms with van der Waals surface area (Å²) in [4.78, 5) is 2.38. The summed E-state index contributed by atoms with van der Waals surface area (Å²) in [6, 6.07) is 31.9. The quantitative estimate of drug-likeness (QED) is 0.261. The van der Waals surface area contributed by atoms with Crippen molar-refractivity contribution in [3.05, 3.63) is 96.6 Å². The highest BCUT2D eigenvalue weighted by Crippen LogP contribution is 2.47. The molecule has 0 bridgehead atoms. The average Bonchev–Trinajstić information content (AvgIpc) is 2.88. The summed E-state index contributed by atoms with van der Waals surface area (Å²) in [5, 5.41) is 0. The second kappa shape index (κ2) is 10.6. The summed E-state index contributed by atoms with van der Waals surface area (Å²) in [7, 11) is 3.45. The van der Waals surface area contributed by atoms with Gasteiger partial charge in [0.05, 0.1) is 14.2 Å². The van der Waals surface area contributed by atoms with E-state index in [1.165, 1.54) is 15.4 Å². The number of benzene rings is 4. The van der Waals surface area contributed by atoms with Crippen LogP contribution in [0.4, 0.5) is 0 Å². The second-order valence-corrected chi connectivity index (χ2v) is 10.9. The van der Waals surface area contributed by atoms with Gasteiger partial charge in [-0.2, -0.15) is 0 Å². The molecule has 4 aromatic rings. The van der Waals surface area contributed by atoms with Gasteiger partial charge in [0.25, 0.3) is 0 Å². The molecule has 0 fully saturated rings. The maximum absolute atomic E-state index is 5.74. The molecular weight excluding hydrogens is 448 g/mol. The largest absolute Gasteiger partial charge is 0.496 e. The maximum atomic E-state index is 5.74. The Morgan fingerprint density at radius 3 is 1.51 bits per heavy atom. The van der Waals surface area contributed by atoms with Crippen LogP contribution in [0.1, 0.15) is 39.2 Å². The van der Waals surface area contributed by atoms with Crippen LogP contribution in [0.5, 0.6) is 11.5 Å². The number of para-hydroxylation sites is 2. The van der Waals surface area contributed by atoms with Crippen molar-refractivity contribution >= 4 is 11.8 Å². The van der Waals surface area contributed by atoms with Crippen LogP contribution in [0.3, 0.4) is 0 Å². The standard InChI is InChI=1S/C32H34O2S/c1-22(32(2,3)4)23-18-20-24(21-19-23)35-31-27(25-12-7-9-16-29(25)33-5)14-11-15-28(31)26-13-8-10-17-30(26)34-6/h7-22H,1-6H3. The molecule has 0 aliphatic heterocycles. The van der Waals surface area contributed by atoms with Crippen molar-refractivity contribution in [3.63, 3.8) is 0 Å². The molecule has 0 aliphatic rings. The van der Waals surface area contributed by atoms with Gasteiger partial charge in [0.15, 0.2) is 0 Å². The molecule has 0 saturated heterocycles. The van der Waals surface area contributed by atoms with Crippen molar-refractivity contribution in [3.8, 4) is 33.8 Å². The zero-order valence-corrected chi connectivity index (χ0v) is 22.3. The predicted molar refractivity (Wildman–Crippen MR) is 149 cm³/mol. The van der Waals surface area contributed by atoms with Gasteiger partial charge >= 0.3 is 0 Å². The minimum Gasteiger partial charge on any atom is -0.496 e. The highest BCUT2D eigenvalue weighted by Gasteiger charge is 2.22. The number of hydrogen-bond donors (Lipinski definition) is 0. The lowest BCUT2D eigenvalue weighted by atomic mass is 9.78. The molecule has 0 N–H and O–H groups in total. The van der Waals surface area contributed by atoms with E-state index in [0.29, 0.717) is 5.92 Å². The zero-order valence-electron chi connectivity index (χ0n) is 21.5. The lowest BCUT2D eigenvalue weighted by Gasteiger charge is -2.27. The number of hydrogen-bond acceptors (Lipinski definition) is 3. The van der Waals surface area contributed by atoms with Gasteiger partial charge in [-0.15, -0.1) is 0 Å². The van der Waals surface area contributed by atoms with Crippen molar-refractivity contribution in [2.75, 3.05) is 14.2 Å². The van der Waals surface area contributed by atoms with Crippen LogP contribution in [0.15, 0.2) is 101 Å². The molecule has 180 valence electrons. The van der Waals surface area contributed by atoms with E-state index in [0.717, 1.165) is 33.8 Å². The first kappa shape index (κ1) is 24.9. The predicted octanol–water partition coefficient (Wildman–Crippen LogP) is 9.34. The number of ether oxygens (including phenoxy) is 2. The van der Waals surface area contributed by atoms with Gasteiger partial charge in [-0.25, -0.2) is 0 Å². The van der Waals surface area contributed by atoms with Crippen molar-refractivity contribution in [1.29, 1.82) is 0 Å². The molecule has 3 heteroatoms. The average molecular weight is 483 g/mol. The fourth-order valence-electron chi connectivity index (χ4n) is 4.25. The molecule has 0 amide bonds. The molecule has 0 heterocycles. The molecule has 35 heavy (non-hydrogen) atoms. The summed E-state index contributed by atoms with van der Waals surface area (Å²) in [5.74, 6) is 2.20. The van der Waals surface area contributed by atoms with E-state index in [4.69, 9.17) is 9.47 Å². The highest BCUT2D eigenvalue weighted by atomic mass is 32.2. The van der Waals surface area contributed by atoms with Gasteiger partial charge in [0, 0.05) is 20.9 Å². The Balaban J connectivity index is 1.85. The van der Waals surface area contributed by atoms with Crippen LogP contribution in [-0.2, 0) is 0 Å². The third kappa shape index (κ3) is 5.41. The van der Waals surface area contributed by atoms with Gasteiger partial charge in [0.2, 0.25) is 0 Å². The van der Waals surface area contributed by atoms with Crippen LogP contribution >= 0.6 is 11.8 Å². The van der Waals surface area contributed by atoms with E-state index in [-0.39, 0.29) is 5.41 Å². The van der Waals surface area contributed by atoms with E-state index < -0.39 is 0 Å². The van der Waals surface area contributed by atoms with Crippen molar-refractivity contribution < 1.29 is 9.47 Å². The Kier molecular flexibility index (Phi) is 7.57. The van der Waals surface area contributed by atoms with Gasteiger partial charge in [0.1, 0.15) is 11.5 Å². The number of rotatable bonds is 7. The Morgan fingerprint density at radius 2 is 1.06 bits per heavy atom. The molecule has 0 aliphatic carbocycles. The fraction of sp³-hybridized carbons (Fsp3) is 0.250. The monoisotopic (exact) mass is 482 g/mol.